The average Bonchev–Trinajstić information content (AvgIpc) is 3.09. The zero-order chi connectivity index (χ0) is 19.4. The average molecular weight is 440 g/mol. The Balaban J connectivity index is 0.00000280. The fraction of sp³-hybridized carbons (Fsp3) is 0.118. The maximum atomic E-state index is 12.5. The smallest absolute Gasteiger partial charge is 0.260 e. The van der Waals surface area contributed by atoms with Crippen LogP contribution in [0.4, 0.5) is 0 Å². The van der Waals surface area contributed by atoms with Crippen LogP contribution in [-0.4, -0.2) is 36.5 Å². The van der Waals surface area contributed by atoms with Crippen LogP contribution in [0.2, 0.25) is 0 Å². The number of aromatic nitrogens is 2. The maximum absolute atomic E-state index is 12.5. The number of halogens is 1. The summed E-state index contributed by atoms with van der Waals surface area (Å²) in [6.07, 6.45) is 2.46. The number of guanidine groups is 1. The minimum atomic E-state index is -3.49. The van der Waals surface area contributed by atoms with Crippen LogP contribution >= 0.6 is 24.4 Å². The highest BCUT2D eigenvalue weighted by molar-refractivity contribution is 7.97. The minimum absolute atomic E-state index is 0. The van der Waals surface area contributed by atoms with Crippen LogP contribution in [0.25, 0.3) is 11.0 Å². The lowest BCUT2D eigenvalue weighted by Crippen LogP contribution is -2.36. The van der Waals surface area contributed by atoms with Gasteiger partial charge in [-0.1, -0.05) is 30.3 Å². The van der Waals surface area contributed by atoms with Crippen molar-refractivity contribution in [2.45, 2.75) is 10.6 Å². The summed E-state index contributed by atoms with van der Waals surface area (Å²) in [5.74, 6) is -0.0570. The summed E-state index contributed by atoms with van der Waals surface area (Å²) in [6, 6.07) is 12.4. The van der Waals surface area contributed by atoms with Crippen LogP contribution in [-0.2, 0) is 15.6 Å². The second-order valence-electron chi connectivity index (χ2n) is 5.73. The zero-order valence-corrected chi connectivity index (χ0v) is 17.2. The van der Waals surface area contributed by atoms with Gasteiger partial charge in [-0.2, -0.15) is 4.40 Å². The number of aromatic amines is 1. The molecule has 4 N–H and O–H groups in total. The van der Waals surface area contributed by atoms with Gasteiger partial charge in [0.1, 0.15) is 5.52 Å². The summed E-state index contributed by atoms with van der Waals surface area (Å²) in [4.78, 5) is 19.4. The molecule has 0 bridgehead atoms. The van der Waals surface area contributed by atoms with Gasteiger partial charge in [-0.15, -0.1) is 12.4 Å². The Morgan fingerprint density at radius 3 is 2.68 bits per heavy atom. The third-order valence-corrected chi connectivity index (χ3v) is 5.53. The SMILES string of the molecule is CS(=O)(=O)c1cc(C(=O)NC(N)=NSCc2ccccc2)c2nc[nH]c2c1.Cl. The fourth-order valence-corrected chi connectivity index (χ4v) is 3.62. The van der Waals surface area contributed by atoms with E-state index in [9.17, 15) is 13.2 Å². The van der Waals surface area contributed by atoms with Crippen LogP contribution in [0.15, 0.2) is 58.1 Å². The number of nitrogens with one attached hydrogen (secondary N) is 2. The molecule has 8 nitrogen and oxygen atoms in total. The van der Waals surface area contributed by atoms with E-state index in [4.69, 9.17) is 5.73 Å². The van der Waals surface area contributed by atoms with Crippen LogP contribution in [0.5, 0.6) is 0 Å². The van der Waals surface area contributed by atoms with E-state index in [1.54, 1.807) is 0 Å². The van der Waals surface area contributed by atoms with Gasteiger partial charge in [-0.3, -0.25) is 10.1 Å². The van der Waals surface area contributed by atoms with Gasteiger partial charge in [0.05, 0.1) is 22.3 Å². The Labute approximate surface area is 172 Å². The first kappa shape index (κ1) is 21.7. The number of rotatable bonds is 5. The van der Waals surface area contributed by atoms with Crippen LogP contribution < -0.4 is 11.1 Å². The lowest BCUT2D eigenvalue weighted by atomic mass is 10.1. The number of hydrogen-bond acceptors (Lipinski definition) is 6. The number of benzene rings is 2. The highest BCUT2D eigenvalue weighted by atomic mass is 35.5. The Morgan fingerprint density at radius 1 is 1.29 bits per heavy atom. The molecule has 148 valence electrons. The van der Waals surface area contributed by atoms with Gasteiger partial charge in [0, 0.05) is 12.0 Å². The molecule has 0 atom stereocenters. The molecule has 0 unspecified atom stereocenters. The Hall–Kier alpha value is -2.56. The molecule has 1 heterocycles. The van der Waals surface area contributed by atoms with Crippen molar-refractivity contribution in [3.63, 3.8) is 0 Å². The summed E-state index contributed by atoms with van der Waals surface area (Å²) < 4.78 is 27.8. The monoisotopic (exact) mass is 439 g/mol. The van der Waals surface area contributed by atoms with Crippen molar-refractivity contribution >= 4 is 57.1 Å². The van der Waals surface area contributed by atoms with E-state index in [1.807, 2.05) is 30.3 Å². The molecule has 0 saturated heterocycles. The number of carbonyl (C=O) groups is 1. The van der Waals surface area contributed by atoms with Gasteiger partial charge in [-0.05, 0) is 29.6 Å². The van der Waals surface area contributed by atoms with Crippen molar-refractivity contribution in [1.29, 1.82) is 0 Å². The molecule has 0 saturated carbocycles. The molecule has 1 aromatic heterocycles. The number of nitrogens with two attached hydrogens (primary N) is 1. The fourth-order valence-electron chi connectivity index (χ4n) is 2.37. The molecule has 0 fully saturated rings. The van der Waals surface area contributed by atoms with E-state index in [1.165, 1.54) is 30.4 Å². The first-order valence-electron chi connectivity index (χ1n) is 7.82. The molecule has 0 aliphatic heterocycles. The largest absolute Gasteiger partial charge is 0.369 e. The molecular formula is C17H18ClN5O3S2. The van der Waals surface area contributed by atoms with Crippen molar-refractivity contribution in [2.75, 3.05) is 6.26 Å². The van der Waals surface area contributed by atoms with Crippen LogP contribution in [0.1, 0.15) is 15.9 Å². The number of H-pyrrole nitrogens is 1. The summed E-state index contributed by atoms with van der Waals surface area (Å²) in [6.45, 7) is 0. The molecule has 28 heavy (non-hydrogen) atoms. The van der Waals surface area contributed by atoms with Crippen molar-refractivity contribution in [2.24, 2.45) is 10.1 Å². The van der Waals surface area contributed by atoms with Crippen LogP contribution in [0, 0.1) is 0 Å². The molecule has 3 rings (SSSR count). The second-order valence-corrected chi connectivity index (χ2v) is 8.48. The van der Waals surface area contributed by atoms with Gasteiger partial charge in [-0.25, -0.2) is 13.4 Å². The van der Waals surface area contributed by atoms with E-state index < -0.39 is 15.7 Å². The quantitative estimate of drug-likeness (QED) is 0.317. The Bertz CT molecular complexity index is 1110. The molecule has 1 amide bonds. The first-order valence-corrected chi connectivity index (χ1v) is 10.7. The van der Waals surface area contributed by atoms with E-state index in [0.717, 1.165) is 11.8 Å². The van der Waals surface area contributed by atoms with Crippen molar-refractivity contribution in [3.05, 3.63) is 59.9 Å². The molecule has 0 spiro atoms. The second kappa shape index (κ2) is 9.09. The number of hydrogen-bond donors (Lipinski definition) is 3. The number of imidazole rings is 1. The van der Waals surface area contributed by atoms with Gasteiger partial charge in [0.2, 0.25) is 5.96 Å². The molecular weight excluding hydrogens is 422 g/mol. The molecule has 0 radical (unpaired) electrons. The summed E-state index contributed by atoms with van der Waals surface area (Å²) in [5.41, 5.74) is 7.73. The predicted molar refractivity (Wildman–Crippen MR) is 113 cm³/mol. The number of sulfone groups is 1. The predicted octanol–water partition coefficient (Wildman–Crippen LogP) is 2.28. The van der Waals surface area contributed by atoms with Crippen molar-refractivity contribution in [3.8, 4) is 0 Å². The van der Waals surface area contributed by atoms with Crippen molar-refractivity contribution in [1.82, 2.24) is 15.3 Å². The van der Waals surface area contributed by atoms with Gasteiger partial charge < -0.3 is 10.7 Å². The molecule has 2 aromatic carbocycles. The first-order chi connectivity index (χ1) is 12.8. The lowest BCUT2D eigenvalue weighted by Gasteiger charge is -2.07. The van der Waals surface area contributed by atoms with E-state index in [2.05, 4.69) is 19.7 Å². The van der Waals surface area contributed by atoms with E-state index >= 15 is 0 Å². The topological polar surface area (TPSA) is 130 Å². The zero-order valence-electron chi connectivity index (χ0n) is 14.7. The molecule has 0 aliphatic carbocycles. The summed E-state index contributed by atoms with van der Waals surface area (Å²) in [5, 5.41) is 2.46. The maximum Gasteiger partial charge on any atom is 0.260 e. The summed E-state index contributed by atoms with van der Waals surface area (Å²) in [7, 11) is -3.49. The lowest BCUT2D eigenvalue weighted by molar-refractivity contribution is 0.0978. The molecule has 0 aliphatic rings. The minimum Gasteiger partial charge on any atom is -0.369 e. The van der Waals surface area contributed by atoms with E-state index in [0.29, 0.717) is 16.8 Å². The van der Waals surface area contributed by atoms with Gasteiger partial charge in [0.15, 0.2) is 9.84 Å². The van der Waals surface area contributed by atoms with Crippen molar-refractivity contribution < 1.29 is 13.2 Å². The highest BCUT2D eigenvalue weighted by Gasteiger charge is 2.18. The molecule has 11 heteroatoms. The third-order valence-electron chi connectivity index (χ3n) is 3.65. The Kier molecular flexibility index (Phi) is 7.05. The number of carbonyl (C=O) groups excluding carboxylic acids is 1. The highest BCUT2D eigenvalue weighted by Crippen LogP contribution is 2.21. The Morgan fingerprint density at radius 2 is 2.00 bits per heavy atom. The van der Waals surface area contributed by atoms with Gasteiger partial charge in [0.25, 0.3) is 5.91 Å². The standard InChI is InChI=1S/C17H17N5O3S2.ClH/c1-27(24,25)12-7-13(15-14(8-12)19-10-20-15)16(23)21-17(18)22-26-9-11-5-3-2-4-6-11;/h2-8,10H,9H2,1H3,(H,19,20)(H3,18,21,22,23);1H. The van der Waals surface area contributed by atoms with E-state index in [-0.39, 0.29) is 28.8 Å². The van der Waals surface area contributed by atoms with Gasteiger partial charge >= 0.3 is 0 Å². The number of nitrogens with zero attached hydrogens (tertiary/aromatic N) is 2. The number of fused-ring (bicyclic) bond motifs is 1. The number of amides is 1. The molecule has 3 aromatic rings. The summed E-state index contributed by atoms with van der Waals surface area (Å²) >= 11 is 1.19. The third kappa shape index (κ3) is 5.24. The van der Waals surface area contributed by atoms with Crippen LogP contribution in [0.3, 0.4) is 0 Å². The normalized spacial score (nSPS) is 11.8.